The fourth-order valence-corrected chi connectivity index (χ4v) is 8.72. The van der Waals surface area contributed by atoms with E-state index in [1.165, 1.54) is 14.5 Å². The Labute approximate surface area is 331 Å². The zero-order chi connectivity index (χ0) is 35.2. The van der Waals surface area contributed by atoms with E-state index in [2.05, 4.69) is 157 Å². The number of ether oxygens (including phenoxy) is 1. The van der Waals surface area contributed by atoms with Crippen molar-refractivity contribution in [2.45, 2.75) is 26.2 Å². The largest absolute Gasteiger partial charge is 0 e. The minimum atomic E-state index is -0.0305. The van der Waals surface area contributed by atoms with Gasteiger partial charge in [-0.05, 0) is 17.7 Å². The average molecular weight is 935 g/mol. The molecule has 8 heteroatoms. The number of anilines is 7. The van der Waals surface area contributed by atoms with Gasteiger partial charge in [0, 0.05) is 21.1 Å². The molecule has 0 aliphatic carbocycles. The first kappa shape index (κ1) is 34.9. The first-order valence-corrected chi connectivity index (χ1v) is 18.9. The summed E-state index contributed by atoms with van der Waals surface area (Å²) in [4.78, 5) is 16.2. The van der Waals surface area contributed by atoms with E-state index >= 15 is 0 Å². The van der Waals surface area contributed by atoms with Crippen LogP contribution in [0.4, 0.5) is 40.1 Å². The molecule has 7 aromatic rings. The van der Waals surface area contributed by atoms with Gasteiger partial charge >= 0.3 is 240 Å². The van der Waals surface area contributed by atoms with Gasteiger partial charge in [0.1, 0.15) is 0 Å². The molecule has 5 aromatic carbocycles. The Balaban J connectivity index is 0.00000400. The molecule has 0 saturated carbocycles. The first-order valence-electron chi connectivity index (χ1n) is 17.2. The van der Waals surface area contributed by atoms with E-state index in [0.29, 0.717) is 11.5 Å². The van der Waals surface area contributed by atoms with Crippen LogP contribution in [0.25, 0.3) is 11.1 Å². The maximum atomic E-state index is 6.56. The summed E-state index contributed by atoms with van der Waals surface area (Å²) < 4.78 is 8.96. The Hall–Kier alpha value is -5.19. The molecule has 0 atom stereocenters. The Bertz CT molecular complexity index is 2420. The minimum Gasteiger partial charge on any atom is 0 e. The van der Waals surface area contributed by atoms with Gasteiger partial charge in [0.05, 0.1) is 0 Å². The molecule has 53 heavy (non-hydrogen) atoms. The van der Waals surface area contributed by atoms with Gasteiger partial charge in [0.25, 0.3) is 0 Å². The van der Waals surface area contributed by atoms with Gasteiger partial charge in [0.2, 0.25) is 0 Å². The Morgan fingerprint density at radius 3 is 2.26 bits per heavy atom. The van der Waals surface area contributed by atoms with Gasteiger partial charge < -0.3 is 0 Å². The molecule has 0 N–H and O–H groups in total. The van der Waals surface area contributed by atoms with Crippen LogP contribution in [0.2, 0.25) is 0 Å². The minimum absolute atomic E-state index is 0. The van der Waals surface area contributed by atoms with Crippen LogP contribution >= 0.6 is 0 Å². The Morgan fingerprint density at radius 1 is 0.679 bits per heavy atom. The molecule has 6 nitrogen and oxygen atoms in total. The van der Waals surface area contributed by atoms with Crippen LogP contribution in [0.5, 0.6) is 11.5 Å². The third-order valence-electron chi connectivity index (χ3n) is 9.21. The summed E-state index contributed by atoms with van der Waals surface area (Å²) >= 11 is 0.0559. The fourth-order valence-electron chi connectivity index (χ4n) is 6.64. The number of pyridine rings is 2. The summed E-state index contributed by atoms with van der Waals surface area (Å²) in [7, 11) is 0. The maximum absolute atomic E-state index is 6.56. The number of hydrogen-bond acceptors (Lipinski definition) is 6. The predicted octanol–water partition coefficient (Wildman–Crippen LogP) is 9.68. The van der Waals surface area contributed by atoms with Crippen molar-refractivity contribution >= 4 is 64.0 Å². The van der Waals surface area contributed by atoms with Crippen molar-refractivity contribution in [1.82, 2.24) is 9.97 Å². The average Bonchev–Trinajstić information content (AvgIpc) is 3.58. The standard InChI is InChI=1S/C45H34N5OSe.Pt/c1-45(2,3)32-24-26-46-42(27-32)50-39-29-36(22-23-40(39)52-41-21-12-25-47-44(41)50)51-35-18-10-17-34(28-35)48-30-49(33-15-8-5-9-16-33)43-37(19-11-20-38(43)48)31-13-6-4-7-14-31;/h4-27,30H,1-3H3;/q-3;. The molecule has 264 valence electrons. The van der Waals surface area contributed by atoms with E-state index in [0.717, 1.165) is 51.2 Å². The third-order valence-corrected chi connectivity index (χ3v) is 11.5. The molecule has 4 heterocycles. The monoisotopic (exact) mass is 935 g/mol. The second kappa shape index (κ2) is 14.3. The van der Waals surface area contributed by atoms with Crippen LogP contribution in [0.1, 0.15) is 26.3 Å². The zero-order valence-corrected chi connectivity index (χ0v) is 33.3. The van der Waals surface area contributed by atoms with E-state index < -0.39 is 0 Å². The van der Waals surface area contributed by atoms with E-state index in [1.807, 2.05) is 42.7 Å². The van der Waals surface area contributed by atoms with Crippen molar-refractivity contribution < 1.29 is 25.8 Å². The summed E-state index contributed by atoms with van der Waals surface area (Å²) in [6.07, 6.45) is 3.73. The zero-order valence-electron chi connectivity index (χ0n) is 29.3. The van der Waals surface area contributed by atoms with Crippen molar-refractivity contribution in [2.75, 3.05) is 14.7 Å². The molecule has 2 aliphatic heterocycles. The van der Waals surface area contributed by atoms with Gasteiger partial charge in [-0.2, -0.15) is 0 Å². The van der Waals surface area contributed by atoms with Crippen molar-refractivity contribution in [3.05, 3.63) is 170 Å². The smallest absolute Gasteiger partial charge is 0 e. The van der Waals surface area contributed by atoms with E-state index in [4.69, 9.17) is 14.7 Å². The van der Waals surface area contributed by atoms with Crippen LogP contribution in [0, 0.1) is 18.8 Å². The molecule has 0 unspecified atom stereocenters. The molecular formula is C45H34N5OPtSe-3. The third kappa shape index (κ3) is 6.66. The van der Waals surface area contributed by atoms with Crippen molar-refractivity contribution in [1.29, 1.82) is 0 Å². The number of hydrogen-bond donors (Lipinski definition) is 0. The van der Waals surface area contributed by atoms with Gasteiger partial charge in [-0.1, -0.05) is 54.6 Å². The number of fused-ring (bicyclic) bond motifs is 3. The SMILES string of the molecule is CC(C)(C)c1ccnc(N2c3[c-]c(Oc4[c-]c(N5[CH-]N(c6ccccc6)c6c(-c7ccccc7)cccc65)ccc4)ccc3[Se]c3cccnc32)c1.[Pt]. The van der Waals surface area contributed by atoms with Crippen LogP contribution in [-0.4, -0.2) is 24.9 Å². The quantitative estimate of drug-likeness (QED) is 0.122. The van der Waals surface area contributed by atoms with Gasteiger partial charge in [0.15, 0.2) is 0 Å². The maximum Gasteiger partial charge on any atom is 0 e. The van der Waals surface area contributed by atoms with Crippen LogP contribution in [0.3, 0.4) is 0 Å². The van der Waals surface area contributed by atoms with E-state index in [-0.39, 0.29) is 41.4 Å². The van der Waals surface area contributed by atoms with Gasteiger partial charge in [-0.3, -0.25) is 0 Å². The van der Waals surface area contributed by atoms with Crippen LogP contribution < -0.4 is 28.4 Å². The van der Waals surface area contributed by atoms with Crippen LogP contribution in [-0.2, 0) is 26.5 Å². The van der Waals surface area contributed by atoms with Crippen molar-refractivity contribution in [3.8, 4) is 22.6 Å². The summed E-state index contributed by atoms with van der Waals surface area (Å²) in [5.41, 5.74) is 8.52. The number of benzene rings is 5. The van der Waals surface area contributed by atoms with E-state index in [1.54, 1.807) is 0 Å². The molecule has 0 bridgehead atoms. The number of rotatable bonds is 6. The van der Waals surface area contributed by atoms with E-state index in [9.17, 15) is 0 Å². The summed E-state index contributed by atoms with van der Waals surface area (Å²) in [5.74, 6) is 2.89. The second-order valence-electron chi connectivity index (χ2n) is 13.7. The predicted molar refractivity (Wildman–Crippen MR) is 212 cm³/mol. The Morgan fingerprint density at radius 2 is 1.45 bits per heavy atom. The Kier molecular flexibility index (Phi) is 9.42. The van der Waals surface area contributed by atoms with Gasteiger partial charge in [-0.15, -0.1) is 0 Å². The molecule has 0 amide bonds. The first-order chi connectivity index (χ1) is 25.4. The molecule has 0 fully saturated rings. The fraction of sp³-hybridized carbons (Fsp3) is 0.0889. The second-order valence-corrected chi connectivity index (χ2v) is 16.0. The molecule has 2 aromatic heterocycles. The molecule has 0 radical (unpaired) electrons. The number of aromatic nitrogens is 2. The molecule has 9 rings (SSSR count). The molecule has 0 spiro atoms. The topological polar surface area (TPSA) is 44.7 Å². The number of para-hydroxylation sites is 2. The van der Waals surface area contributed by atoms with Crippen molar-refractivity contribution in [2.24, 2.45) is 0 Å². The van der Waals surface area contributed by atoms with Gasteiger partial charge in [-0.25, -0.2) is 0 Å². The molecule has 0 saturated heterocycles. The van der Waals surface area contributed by atoms with Crippen molar-refractivity contribution in [3.63, 3.8) is 0 Å². The summed E-state index contributed by atoms with van der Waals surface area (Å²) in [6.45, 7) is 8.78. The summed E-state index contributed by atoms with van der Waals surface area (Å²) in [5, 5.41) is 0. The number of nitrogens with zero attached hydrogens (tertiary/aromatic N) is 5. The molecule has 2 aliphatic rings. The van der Waals surface area contributed by atoms with Crippen LogP contribution in [0.15, 0.2) is 146 Å². The molecular weight excluding hydrogens is 901 g/mol. The summed E-state index contributed by atoms with van der Waals surface area (Å²) in [6, 6.07) is 53.2. The normalized spacial score (nSPS) is 13.2.